The first-order valence-corrected chi connectivity index (χ1v) is 10.6. The number of carbonyl (C=O) groups excluding carboxylic acids is 1. The van der Waals surface area contributed by atoms with E-state index in [4.69, 9.17) is 5.73 Å². The summed E-state index contributed by atoms with van der Waals surface area (Å²) < 4.78 is 3.35. The molecule has 0 aliphatic heterocycles. The number of para-hydroxylation sites is 2. The highest BCUT2D eigenvalue weighted by molar-refractivity contribution is 8.00. The van der Waals surface area contributed by atoms with Crippen LogP contribution in [0.15, 0.2) is 83.8 Å². The van der Waals surface area contributed by atoms with Crippen molar-refractivity contribution in [1.29, 1.82) is 0 Å². The van der Waals surface area contributed by atoms with Crippen LogP contribution in [0.3, 0.4) is 0 Å². The summed E-state index contributed by atoms with van der Waals surface area (Å²) >= 11 is 1.58. The fourth-order valence-corrected chi connectivity index (χ4v) is 3.40. The van der Waals surface area contributed by atoms with Crippen molar-refractivity contribution in [2.45, 2.75) is 31.1 Å². The van der Waals surface area contributed by atoms with E-state index in [1.165, 1.54) is 11.6 Å². The van der Waals surface area contributed by atoms with Gasteiger partial charge in [-0.2, -0.15) is 0 Å². The predicted molar refractivity (Wildman–Crippen MR) is 130 cm³/mol. The van der Waals surface area contributed by atoms with Gasteiger partial charge in [-0.15, -0.1) is 0 Å². The maximum absolute atomic E-state index is 12.1. The summed E-state index contributed by atoms with van der Waals surface area (Å²) in [6.45, 7) is 6.64. The van der Waals surface area contributed by atoms with E-state index in [2.05, 4.69) is 55.1 Å². The number of carbonyl (C=O) groups is 1. The fraction of sp³-hybridized carbons (Fsp3) is 0.160. The zero-order chi connectivity index (χ0) is 21.6. The van der Waals surface area contributed by atoms with Gasteiger partial charge in [-0.05, 0) is 71.0 Å². The van der Waals surface area contributed by atoms with Gasteiger partial charge in [0, 0.05) is 16.7 Å². The zero-order valence-electron chi connectivity index (χ0n) is 17.5. The Balaban J connectivity index is 1.52. The summed E-state index contributed by atoms with van der Waals surface area (Å²) in [6, 6.07) is 23.7. The molecular formula is C25H27N3OS. The number of rotatable bonds is 6. The van der Waals surface area contributed by atoms with Crippen LogP contribution in [-0.4, -0.2) is 5.91 Å². The van der Waals surface area contributed by atoms with Crippen LogP contribution in [0, 0.1) is 0 Å². The van der Waals surface area contributed by atoms with Gasteiger partial charge >= 0.3 is 0 Å². The highest BCUT2D eigenvalue weighted by Gasteiger charge is 2.12. The number of benzene rings is 3. The van der Waals surface area contributed by atoms with Crippen LogP contribution >= 0.6 is 11.9 Å². The third-order valence-electron chi connectivity index (χ3n) is 4.56. The second kappa shape index (κ2) is 9.55. The smallest absolute Gasteiger partial charge is 0.248 e. The molecule has 30 heavy (non-hydrogen) atoms. The molecule has 1 amide bonds. The Hall–Kier alpha value is -3.18. The van der Waals surface area contributed by atoms with Gasteiger partial charge in [-0.25, -0.2) is 0 Å². The highest BCUT2D eigenvalue weighted by atomic mass is 32.2. The Morgan fingerprint density at radius 2 is 1.60 bits per heavy atom. The largest absolute Gasteiger partial charge is 0.397 e. The lowest BCUT2D eigenvalue weighted by atomic mass is 9.87. The van der Waals surface area contributed by atoms with E-state index in [0.717, 1.165) is 16.1 Å². The average molecular weight is 418 g/mol. The molecule has 0 heterocycles. The van der Waals surface area contributed by atoms with Gasteiger partial charge in [0.2, 0.25) is 5.91 Å². The number of nitrogens with two attached hydrogens (primary N) is 1. The normalized spacial score (nSPS) is 11.4. The molecule has 0 bridgehead atoms. The summed E-state index contributed by atoms with van der Waals surface area (Å²) in [5, 5.41) is 2.78. The molecule has 5 heteroatoms. The maximum Gasteiger partial charge on any atom is 0.248 e. The number of amides is 1. The Morgan fingerprint density at radius 1 is 0.933 bits per heavy atom. The van der Waals surface area contributed by atoms with Crippen LogP contribution < -0.4 is 15.8 Å². The summed E-state index contributed by atoms with van der Waals surface area (Å²) in [7, 11) is 0. The van der Waals surface area contributed by atoms with E-state index in [1.54, 1.807) is 30.2 Å². The molecule has 0 atom stereocenters. The van der Waals surface area contributed by atoms with Crippen LogP contribution in [-0.2, 0) is 10.2 Å². The lowest BCUT2D eigenvalue weighted by molar-refractivity contribution is -0.111. The average Bonchev–Trinajstić information content (AvgIpc) is 2.73. The van der Waals surface area contributed by atoms with E-state index in [-0.39, 0.29) is 11.3 Å². The number of hydrogen-bond donors (Lipinski definition) is 3. The minimum atomic E-state index is -0.218. The van der Waals surface area contributed by atoms with Gasteiger partial charge in [0.25, 0.3) is 0 Å². The van der Waals surface area contributed by atoms with Crippen molar-refractivity contribution in [2.24, 2.45) is 0 Å². The second-order valence-corrected chi connectivity index (χ2v) is 8.89. The predicted octanol–water partition coefficient (Wildman–Crippen LogP) is 6.34. The Kier molecular flexibility index (Phi) is 6.85. The summed E-state index contributed by atoms with van der Waals surface area (Å²) in [5.74, 6) is -0.218. The molecule has 3 rings (SSSR count). The van der Waals surface area contributed by atoms with Crippen LogP contribution in [0.25, 0.3) is 6.08 Å². The molecule has 3 aromatic carbocycles. The maximum atomic E-state index is 12.1. The molecule has 3 aromatic rings. The number of hydrogen-bond acceptors (Lipinski definition) is 4. The van der Waals surface area contributed by atoms with Gasteiger partial charge < -0.3 is 15.8 Å². The molecule has 0 aromatic heterocycles. The van der Waals surface area contributed by atoms with E-state index in [0.29, 0.717) is 11.4 Å². The van der Waals surface area contributed by atoms with E-state index < -0.39 is 0 Å². The molecule has 0 aliphatic carbocycles. The van der Waals surface area contributed by atoms with E-state index >= 15 is 0 Å². The van der Waals surface area contributed by atoms with Crippen molar-refractivity contribution in [2.75, 3.05) is 15.8 Å². The standard InChI is InChI=1S/C25H27N3OS/c1-25(2,3)19-11-15-21(16-12-19)30-28-20-13-8-18(9-14-20)10-17-24(29)27-23-7-5-4-6-22(23)26/h4-17,28H,26H2,1-3H3,(H,27,29)/b17-10+. The fourth-order valence-electron chi connectivity index (χ4n) is 2.76. The Bertz CT molecular complexity index is 1020. The summed E-state index contributed by atoms with van der Waals surface area (Å²) in [5.41, 5.74) is 10.4. The van der Waals surface area contributed by atoms with Crippen molar-refractivity contribution < 1.29 is 4.79 Å². The molecule has 154 valence electrons. The molecule has 4 nitrogen and oxygen atoms in total. The van der Waals surface area contributed by atoms with Gasteiger partial charge in [-0.1, -0.05) is 57.2 Å². The van der Waals surface area contributed by atoms with Crippen molar-refractivity contribution in [3.63, 3.8) is 0 Å². The summed E-state index contributed by atoms with van der Waals surface area (Å²) in [6.07, 6.45) is 3.27. The van der Waals surface area contributed by atoms with Crippen molar-refractivity contribution >= 4 is 41.0 Å². The van der Waals surface area contributed by atoms with Gasteiger partial charge in [-0.3, -0.25) is 4.79 Å². The first-order chi connectivity index (χ1) is 14.3. The second-order valence-electron chi connectivity index (χ2n) is 8.01. The third-order valence-corrected chi connectivity index (χ3v) is 5.41. The van der Waals surface area contributed by atoms with Gasteiger partial charge in [0.1, 0.15) is 0 Å². The molecular weight excluding hydrogens is 390 g/mol. The Morgan fingerprint density at radius 3 is 2.23 bits per heavy atom. The van der Waals surface area contributed by atoms with Gasteiger partial charge in [0.15, 0.2) is 0 Å². The minimum absolute atomic E-state index is 0.157. The molecule has 0 radical (unpaired) electrons. The van der Waals surface area contributed by atoms with Crippen molar-refractivity contribution in [1.82, 2.24) is 0 Å². The lowest BCUT2D eigenvalue weighted by Crippen LogP contribution is -2.10. The SMILES string of the molecule is CC(C)(C)c1ccc(SNc2ccc(/C=C/C(=O)Nc3ccccc3N)cc2)cc1. The first kappa shape index (κ1) is 21.5. The van der Waals surface area contributed by atoms with Crippen LogP contribution in [0.1, 0.15) is 31.9 Å². The number of nitrogen functional groups attached to an aromatic ring is 1. The van der Waals surface area contributed by atoms with Crippen molar-refractivity contribution in [3.8, 4) is 0 Å². The van der Waals surface area contributed by atoms with Crippen LogP contribution in [0.5, 0.6) is 0 Å². The van der Waals surface area contributed by atoms with E-state index in [1.807, 2.05) is 36.4 Å². The van der Waals surface area contributed by atoms with Crippen molar-refractivity contribution in [3.05, 3.63) is 90.0 Å². The highest BCUT2D eigenvalue weighted by Crippen LogP contribution is 2.26. The van der Waals surface area contributed by atoms with Gasteiger partial charge in [0.05, 0.1) is 11.4 Å². The molecule has 4 N–H and O–H groups in total. The molecule has 0 saturated heterocycles. The molecule has 0 fully saturated rings. The van der Waals surface area contributed by atoms with E-state index in [9.17, 15) is 4.79 Å². The first-order valence-electron chi connectivity index (χ1n) is 9.78. The molecule has 0 aliphatic rings. The Labute approximate surface area is 182 Å². The van der Waals surface area contributed by atoms with Crippen LogP contribution in [0.4, 0.5) is 17.1 Å². The number of anilines is 3. The lowest BCUT2D eigenvalue weighted by Gasteiger charge is -2.19. The quantitative estimate of drug-likeness (QED) is 0.249. The molecule has 0 saturated carbocycles. The third kappa shape index (κ3) is 6.16. The molecule has 0 unspecified atom stereocenters. The topological polar surface area (TPSA) is 67.2 Å². The van der Waals surface area contributed by atoms with Crippen LogP contribution in [0.2, 0.25) is 0 Å². The monoisotopic (exact) mass is 417 g/mol. The zero-order valence-corrected chi connectivity index (χ0v) is 18.3. The summed E-state index contributed by atoms with van der Waals surface area (Å²) in [4.78, 5) is 13.2. The number of nitrogens with one attached hydrogen (secondary N) is 2. The molecule has 0 spiro atoms. The minimum Gasteiger partial charge on any atom is -0.397 e.